The van der Waals surface area contributed by atoms with Gasteiger partial charge < -0.3 is 29.4 Å². The predicted molar refractivity (Wildman–Crippen MR) is 291 cm³/mol. The summed E-state index contributed by atoms with van der Waals surface area (Å²) < 4.78 is 64.8. The minimum atomic E-state index is -4.85. The third-order valence-corrected chi connectivity index (χ3v) is 18.3. The summed E-state index contributed by atoms with van der Waals surface area (Å²) in [5, 5.41) is 16.4. The van der Waals surface area contributed by atoms with Gasteiger partial charge in [0.25, 0.3) is 21.6 Å². The van der Waals surface area contributed by atoms with Crippen LogP contribution in [0.5, 0.6) is 17.2 Å². The average molecular weight is 1070 g/mol. The third-order valence-electron chi connectivity index (χ3n) is 16.1. The summed E-state index contributed by atoms with van der Waals surface area (Å²) in [5.74, 6) is -0.351. The molecule has 0 unspecified atom stereocenters. The number of nitro benzene ring substituents is 1. The van der Waals surface area contributed by atoms with Gasteiger partial charge >= 0.3 is 0 Å². The summed E-state index contributed by atoms with van der Waals surface area (Å²) in [4.78, 5) is 44.6. The zero-order valence-corrected chi connectivity index (χ0v) is 44.4. The molecule has 3 saturated heterocycles. The minimum absolute atomic E-state index is 0.0467. The van der Waals surface area contributed by atoms with E-state index in [4.69, 9.17) is 14.2 Å². The summed E-state index contributed by atoms with van der Waals surface area (Å²) in [6.07, 6.45) is 8.52. The van der Waals surface area contributed by atoms with E-state index in [1.54, 1.807) is 25.4 Å². The van der Waals surface area contributed by atoms with Crippen LogP contribution in [-0.2, 0) is 21.3 Å². The molecule has 20 heteroatoms. The molecule has 1 amide bonds. The van der Waals surface area contributed by atoms with E-state index in [-0.39, 0.29) is 50.5 Å². The van der Waals surface area contributed by atoms with E-state index < -0.39 is 42.8 Å². The fourth-order valence-electron chi connectivity index (χ4n) is 11.9. The number of benzene rings is 4. The van der Waals surface area contributed by atoms with Crippen LogP contribution in [0.25, 0.3) is 21.3 Å². The molecule has 6 heterocycles. The number of halogens is 1. The van der Waals surface area contributed by atoms with Crippen molar-refractivity contribution in [1.82, 2.24) is 29.5 Å². The number of aromatic nitrogens is 3. The van der Waals surface area contributed by atoms with Crippen LogP contribution in [0.1, 0.15) is 91.4 Å². The zero-order valence-electron chi connectivity index (χ0n) is 42.8. The van der Waals surface area contributed by atoms with Crippen molar-refractivity contribution in [3.05, 3.63) is 135 Å². The first-order valence-corrected chi connectivity index (χ1v) is 28.4. The lowest BCUT2D eigenvalue weighted by molar-refractivity contribution is -0.384. The lowest BCUT2D eigenvalue weighted by Gasteiger charge is -2.58. The molecule has 1 saturated carbocycles. The highest BCUT2D eigenvalue weighted by atomic mass is 32.2. The fourth-order valence-corrected chi connectivity index (χ4v) is 14.0. The Morgan fingerprint density at radius 1 is 1.00 bits per heavy atom. The van der Waals surface area contributed by atoms with E-state index in [9.17, 15) is 23.3 Å². The molecule has 3 N–H and O–H groups in total. The van der Waals surface area contributed by atoms with Crippen LogP contribution in [0, 0.1) is 27.3 Å². The van der Waals surface area contributed by atoms with E-state index in [0.29, 0.717) is 50.5 Å². The van der Waals surface area contributed by atoms with Crippen LogP contribution < -0.4 is 24.4 Å². The average Bonchev–Trinajstić information content (AvgIpc) is 4.13. The van der Waals surface area contributed by atoms with E-state index in [1.807, 2.05) is 17.0 Å². The number of carbonyl (C=O) groups is 1. The van der Waals surface area contributed by atoms with Gasteiger partial charge in [-0.05, 0) is 103 Å². The molecule has 17 nitrogen and oxygen atoms in total. The Kier molecular flexibility index (Phi) is 14.5. The van der Waals surface area contributed by atoms with Gasteiger partial charge in [-0.3, -0.25) is 24.7 Å². The fraction of sp³-hybridized carbons (Fsp3) is 0.411. The number of thiazole rings is 1. The highest BCUT2D eigenvalue weighted by Gasteiger charge is 2.50. The van der Waals surface area contributed by atoms with Crippen LogP contribution in [0.4, 0.5) is 21.5 Å². The maximum Gasteiger partial charge on any atom is 0.295 e. The van der Waals surface area contributed by atoms with Gasteiger partial charge in [-0.1, -0.05) is 50.2 Å². The number of piperazine rings is 1. The SMILES string of the molecule is COc1ccc(CN2CCN(C3CC4(CCN(c5cc(Oc6cnc7[nH]ccc7c6)c(C(=O)NS(=O)(=O)c6cc([N+](=O)[O-])c(NCC7CCOCC7)c7scnc67)cc5F)CC4)C3)[C@H](c3ccccc3C(C)C)C2)cc1. The number of piperidine rings is 1. The molecule has 398 valence electrons. The van der Waals surface area contributed by atoms with Crippen LogP contribution >= 0.6 is 11.3 Å². The predicted octanol–water partition coefficient (Wildman–Crippen LogP) is 10.4. The van der Waals surface area contributed by atoms with Gasteiger partial charge in [0, 0.05) is 94.8 Å². The van der Waals surface area contributed by atoms with Gasteiger partial charge in [-0.25, -0.2) is 27.5 Å². The van der Waals surface area contributed by atoms with Crippen molar-refractivity contribution in [2.75, 3.05) is 69.8 Å². The number of pyridine rings is 1. The van der Waals surface area contributed by atoms with Crippen molar-refractivity contribution in [2.45, 2.75) is 81.8 Å². The number of anilines is 2. The van der Waals surface area contributed by atoms with Gasteiger partial charge in [0.2, 0.25) is 0 Å². The molecule has 11 rings (SSSR count). The number of nitro groups is 1. The van der Waals surface area contributed by atoms with E-state index in [1.165, 1.54) is 34.5 Å². The molecule has 0 bridgehead atoms. The summed E-state index contributed by atoms with van der Waals surface area (Å²) in [6.45, 7) is 11.0. The largest absolute Gasteiger partial charge is 0.497 e. The first kappa shape index (κ1) is 51.4. The van der Waals surface area contributed by atoms with Gasteiger partial charge in [0.05, 0.1) is 39.7 Å². The first-order valence-electron chi connectivity index (χ1n) is 26.1. The van der Waals surface area contributed by atoms with Gasteiger partial charge in [-0.2, -0.15) is 0 Å². The second kappa shape index (κ2) is 21.4. The number of carbonyl (C=O) groups excluding carboxylic acids is 1. The molecule has 76 heavy (non-hydrogen) atoms. The van der Waals surface area contributed by atoms with Gasteiger partial charge in [0.15, 0.2) is 0 Å². The molecule has 3 aromatic heterocycles. The number of sulfonamides is 1. The third kappa shape index (κ3) is 10.4. The number of hydrogen-bond donors (Lipinski definition) is 3. The quantitative estimate of drug-likeness (QED) is 0.0610. The maximum atomic E-state index is 16.7. The minimum Gasteiger partial charge on any atom is -0.497 e. The maximum absolute atomic E-state index is 16.7. The lowest BCUT2D eigenvalue weighted by atomic mass is 9.59. The molecule has 7 aromatic rings. The Bertz CT molecular complexity index is 3380. The second-order valence-electron chi connectivity index (χ2n) is 21.1. The molecule has 4 aliphatic rings. The number of fused-ring (bicyclic) bond motifs is 2. The number of hydrogen-bond acceptors (Lipinski definition) is 15. The second-order valence-corrected chi connectivity index (χ2v) is 23.6. The standard InChI is InChI=1S/C56H62FN9O8S2/c1-35(2)42-6-4-5-7-43(42)48-33-63(32-37-8-10-40(72-3)11-9-37)20-21-65(48)39-28-56(29-39)15-18-64(19-16-56)46-26-49(74-41-24-38-12-17-58-54(38)60-31-41)44(25-45(46)57)55(67)62-76(70,71)50-27-47(66(68)69)51(53-52(50)61-34-75-53)59-30-36-13-22-73-23-14-36/h4-12,17,24-27,31,34-36,39,48,59H,13-16,18-23,28-30,32-33H2,1-3H3,(H,58,60)(H,62,67)/t48-/m0/s1. The number of aromatic amines is 1. The number of H-pyrrole nitrogens is 1. The van der Waals surface area contributed by atoms with Crippen LogP contribution in [0.15, 0.2) is 102 Å². The molecule has 1 aliphatic carbocycles. The Morgan fingerprint density at radius 3 is 2.53 bits per heavy atom. The van der Waals surface area contributed by atoms with Crippen molar-refractivity contribution >= 4 is 65.6 Å². The van der Waals surface area contributed by atoms with Crippen molar-refractivity contribution in [2.24, 2.45) is 11.3 Å². The normalized spacial score (nSPS) is 18.8. The Morgan fingerprint density at radius 2 is 1.78 bits per heavy atom. The number of ether oxygens (including phenoxy) is 3. The van der Waals surface area contributed by atoms with E-state index in [2.05, 4.69) is 85.0 Å². The molecular formula is C56H62FN9O8S2. The molecular weight excluding hydrogens is 1010 g/mol. The van der Waals surface area contributed by atoms with Gasteiger partial charge in [0.1, 0.15) is 44.8 Å². The smallest absolute Gasteiger partial charge is 0.295 e. The van der Waals surface area contributed by atoms with Crippen LogP contribution in [-0.4, -0.2) is 110 Å². The number of nitrogens with zero attached hydrogens (tertiary/aromatic N) is 6. The Hall–Kier alpha value is -6.71. The number of nitrogens with one attached hydrogen (secondary N) is 3. The van der Waals surface area contributed by atoms with Crippen molar-refractivity contribution in [3.8, 4) is 17.2 Å². The summed E-state index contributed by atoms with van der Waals surface area (Å²) in [5.41, 5.74) is 5.57. The molecule has 4 aromatic carbocycles. The first-order chi connectivity index (χ1) is 36.7. The molecule has 4 fully saturated rings. The van der Waals surface area contributed by atoms with E-state index >= 15 is 4.39 Å². The van der Waals surface area contributed by atoms with Crippen LogP contribution in [0.3, 0.4) is 0 Å². The number of methoxy groups -OCH3 is 1. The monoisotopic (exact) mass is 1070 g/mol. The Labute approximate surface area is 445 Å². The summed E-state index contributed by atoms with van der Waals surface area (Å²) in [7, 11) is -3.16. The molecule has 0 radical (unpaired) electrons. The number of amides is 1. The molecule has 1 atom stereocenters. The topological polar surface area (TPSA) is 197 Å². The Balaban J connectivity index is 0.821. The van der Waals surface area contributed by atoms with E-state index in [0.717, 1.165) is 99.3 Å². The summed E-state index contributed by atoms with van der Waals surface area (Å²) in [6, 6.07) is 24.8. The molecule has 3 aliphatic heterocycles. The summed E-state index contributed by atoms with van der Waals surface area (Å²) >= 11 is 1.04. The highest BCUT2D eigenvalue weighted by Crippen LogP contribution is 2.54. The lowest BCUT2D eigenvalue weighted by Crippen LogP contribution is -2.60. The van der Waals surface area contributed by atoms with Crippen molar-refractivity contribution in [3.63, 3.8) is 0 Å². The molecule has 1 spiro atoms. The zero-order chi connectivity index (χ0) is 52.7. The van der Waals surface area contributed by atoms with Crippen LogP contribution in [0.2, 0.25) is 0 Å². The van der Waals surface area contributed by atoms with Gasteiger partial charge in [-0.15, -0.1) is 11.3 Å². The van der Waals surface area contributed by atoms with Crippen molar-refractivity contribution < 1.29 is 36.7 Å². The van der Waals surface area contributed by atoms with Crippen molar-refractivity contribution in [1.29, 1.82) is 0 Å². The highest BCUT2D eigenvalue weighted by molar-refractivity contribution is 7.90. The number of rotatable bonds is 16.